The van der Waals surface area contributed by atoms with Crippen LogP contribution in [0.25, 0.3) is 0 Å². The van der Waals surface area contributed by atoms with E-state index in [1.54, 1.807) is 11.6 Å². The number of carbonyl (C=O) groups is 2. The second-order valence-electron chi connectivity index (χ2n) is 5.60. The van der Waals surface area contributed by atoms with Crippen LogP contribution in [0.1, 0.15) is 37.4 Å². The Labute approximate surface area is 137 Å². The molecule has 8 nitrogen and oxygen atoms in total. The molecule has 1 unspecified atom stereocenters. The maximum atomic E-state index is 12.8. The van der Waals surface area contributed by atoms with Gasteiger partial charge in [0, 0.05) is 11.4 Å². The minimum absolute atomic E-state index is 0.0718. The molecule has 1 aliphatic rings. The third-order valence-corrected chi connectivity index (χ3v) is 5.01. The quantitative estimate of drug-likeness (QED) is 0.808. The average Bonchev–Trinajstić information content (AvgIpc) is 3.24. The number of thiophene rings is 1. The summed E-state index contributed by atoms with van der Waals surface area (Å²) < 4.78 is 1.64. The Morgan fingerprint density at radius 2 is 2.22 bits per heavy atom. The molecule has 1 N–H and O–H groups in total. The number of aromatic nitrogens is 4. The van der Waals surface area contributed by atoms with Gasteiger partial charge >= 0.3 is 6.03 Å². The lowest BCUT2D eigenvalue weighted by atomic mass is 10.0. The second kappa shape index (κ2) is 6.07. The molecule has 1 saturated heterocycles. The van der Waals surface area contributed by atoms with Gasteiger partial charge in [0.05, 0.1) is 6.54 Å². The minimum Gasteiger partial charge on any atom is -0.319 e. The van der Waals surface area contributed by atoms with Gasteiger partial charge in [-0.3, -0.25) is 9.69 Å². The Morgan fingerprint density at radius 3 is 2.91 bits per heavy atom. The largest absolute Gasteiger partial charge is 0.325 e. The lowest BCUT2D eigenvalue weighted by Gasteiger charge is -2.19. The van der Waals surface area contributed by atoms with Crippen molar-refractivity contribution >= 4 is 23.3 Å². The molecule has 0 bridgehead atoms. The van der Waals surface area contributed by atoms with Crippen molar-refractivity contribution in [2.75, 3.05) is 0 Å². The van der Waals surface area contributed by atoms with E-state index in [0.29, 0.717) is 12.4 Å². The topological polar surface area (TPSA) is 93.0 Å². The van der Waals surface area contributed by atoms with E-state index in [1.165, 1.54) is 16.2 Å². The zero-order valence-corrected chi connectivity index (χ0v) is 13.8. The van der Waals surface area contributed by atoms with Crippen LogP contribution in [0.4, 0.5) is 4.79 Å². The first kappa shape index (κ1) is 15.6. The molecule has 0 spiro atoms. The number of hydrogen-bond acceptors (Lipinski definition) is 6. The average molecular weight is 334 g/mol. The number of imide groups is 1. The van der Waals surface area contributed by atoms with Gasteiger partial charge in [-0.1, -0.05) is 19.4 Å². The minimum atomic E-state index is -1.02. The highest BCUT2D eigenvalue weighted by molar-refractivity contribution is 7.10. The van der Waals surface area contributed by atoms with Crippen LogP contribution >= 0.6 is 11.3 Å². The van der Waals surface area contributed by atoms with Crippen molar-refractivity contribution in [1.29, 1.82) is 0 Å². The fourth-order valence-corrected chi connectivity index (χ4v) is 3.37. The number of aryl methyl sites for hydroxylation is 1. The molecule has 2 aromatic heterocycles. The van der Waals surface area contributed by atoms with Crippen LogP contribution in [-0.4, -0.2) is 37.0 Å². The molecule has 3 heterocycles. The lowest BCUT2D eigenvalue weighted by Crippen LogP contribution is -2.40. The van der Waals surface area contributed by atoms with E-state index in [0.717, 1.165) is 17.7 Å². The molecule has 23 heavy (non-hydrogen) atoms. The maximum Gasteiger partial charge on any atom is 0.325 e. The summed E-state index contributed by atoms with van der Waals surface area (Å²) in [7, 11) is 0. The van der Waals surface area contributed by atoms with E-state index in [9.17, 15) is 9.59 Å². The van der Waals surface area contributed by atoms with Crippen molar-refractivity contribution in [3.63, 3.8) is 0 Å². The predicted molar refractivity (Wildman–Crippen MR) is 83.5 cm³/mol. The predicted octanol–water partition coefficient (Wildman–Crippen LogP) is 1.50. The first-order chi connectivity index (χ1) is 11.1. The molecule has 3 rings (SSSR count). The third-order valence-electron chi connectivity index (χ3n) is 3.92. The molecular formula is C14H18N6O2S. The van der Waals surface area contributed by atoms with Crippen molar-refractivity contribution in [1.82, 2.24) is 30.4 Å². The van der Waals surface area contributed by atoms with Gasteiger partial charge in [0.15, 0.2) is 11.4 Å². The lowest BCUT2D eigenvalue weighted by molar-refractivity contribution is -0.131. The standard InChI is InChI=1S/C14H18N6O2S/c1-3-4-7-20-11(16-17-18-20)9-19-12(21)14(2,15-13(19)22)10-6-5-8-23-10/h5-6,8H,3-4,7,9H2,1-2H3,(H,15,22). The maximum absolute atomic E-state index is 12.8. The highest BCUT2D eigenvalue weighted by Gasteiger charge is 2.49. The number of carbonyl (C=O) groups excluding carboxylic acids is 2. The number of nitrogens with one attached hydrogen (secondary N) is 1. The molecule has 2 aromatic rings. The number of unbranched alkanes of at least 4 members (excludes halogenated alkanes) is 1. The van der Waals surface area contributed by atoms with Crippen LogP contribution < -0.4 is 5.32 Å². The SMILES string of the molecule is CCCCn1nnnc1CN1C(=O)NC(C)(c2cccs2)C1=O. The molecule has 9 heteroatoms. The van der Waals surface area contributed by atoms with Crippen molar-refractivity contribution in [3.8, 4) is 0 Å². The summed E-state index contributed by atoms with van der Waals surface area (Å²) in [5.74, 6) is 0.229. The monoisotopic (exact) mass is 334 g/mol. The summed E-state index contributed by atoms with van der Waals surface area (Å²) in [5, 5.41) is 16.2. The summed E-state index contributed by atoms with van der Waals surface area (Å²) in [6.07, 6.45) is 1.95. The molecule has 0 aliphatic carbocycles. The van der Waals surface area contributed by atoms with E-state index in [-0.39, 0.29) is 12.5 Å². The Balaban J connectivity index is 1.80. The third kappa shape index (κ3) is 2.72. The second-order valence-corrected chi connectivity index (χ2v) is 6.54. The van der Waals surface area contributed by atoms with Crippen molar-refractivity contribution in [3.05, 3.63) is 28.2 Å². The summed E-state index contributed by atoms with van der Waals surface area (Å²) in [5.41, 5.74) is -1.02. The Morgan fingerprint density at radius 1 is 1.39 bits per heavy atom. The van der Waals surface area contributed by atoms with Crippen LogP contribution in [0.2, 0.25) is 0 Å². The summed E-state index contributed by atoms with van der Waals surface area (Å²) in [4.78, 5) is 27.0. The zero-order valence-electron chi connectivity index (χ0n) is 13.0. The van der Waals surface area contributed by atoms with Gasteiger partial charge < -0.3 is 5.32 Å². The highest BCUT2D eigenvalue weighted by Crippen LogP contribution is 2.32. The Bertz CT molecular complexity index is 713. The van der Waals surface area contributed by atoms with E-state index in [4.69, 9.17) is 0 Å². The first-order valence-corrected chi connectivity index (χ1v) is 8.37. The van der Waals surface area contributed by atoms with E-state index in [2.05, 4.69) is 27.8 Å². The van der Waals surface area contributed by atoms with E-state index < -0.39 is 11.6 Å². The van der Waals surface area contributed by atoms with Gasteiger partial charge in [0.1, 0.15) is 0 Å². The fraction of sp³-hybridized carbons (Fsp3) is 0.500. The van der Waals surface area contributed by atoms with Crippen LogP contribution in [-0.2, 0) is 23.4 Å². The molecule has 1 atom stereocenters. The molecule has 1 fully saturated rings. The molecule has 1 aliphatic heterocycles. The number of nitrogens with zero attached hydrogens (tertiary/aromatic N) is 5. The van der Waals surface area contributed by atoms with Crippen molar-refractivity contribution in [2.24, 2.45) is 0 Å². The van der Waals surface area contributed by atoms with Crippen LogP contribution in [0.3, 0.4) is 0 Å². The number of amides is 3. The normalized spacial score (nSPS) is 21.0. The summed E-state index contributed by atoms with van der Waals surface area (Å²) in [6, 6.07) is 3.28. The fourth-order valence-electron chi connectivity index (χ4n) is 2.53. The van der Waals surface area contributed by atoms with Gasteiger partial charge in [0.2, 0.25) is 0 Å². The van der Waals surface area contributed by atoms with Gasteiger partial charge in [-0.05, 0) is 35.2 Å². The number of hydrogen-bond donors (Lipinski definition) is 1. The zero-order chi connectivity index (χ0) is 16.4. The number of tetrazole rings is 1. The molecule has 0 radical (unpaired) electrons. The van der Waals surface area contributed by atoms with Gasteiger partial charge in [0.25, 0.3) is 5.91 Å². The van der Waals surface area contributed by atoms with E-state index in [1.807, 2.05) is 17.5 Å². The van der Waals surface area contributed by atoms with Crippen molar-refractivity contribution < 1.29 is 9.59 Å². The van der Waals surface area contributed by atoms with Gasteiger partial charge in [-0.15, -0.1) is 16.4 Å². The molecule has 3 amide bonds. The number of rotatable bonds is 6. The first-order valence-electron chi connectivity index (χ1n) is 7.49. The molecule has 122 valence electrons. The summed E-state index contributed by atoms with van der Waals surface area (Å²) >= 11 is 1.44. The Kier molecular flexibility index (Phi) is 4.12. The smallest absolute Gasteiger partial charge is 0.319 e. The van der Waals surface area contributed by atoms with Crippen LogP contribution in [0.15, 0.2) is 17.5 Å². The van der Waals surface area contributed by atoms with E-state index >= 15 is 0 Å². The number of urea groups is 1. The van der Waals surface area contributed by atoms with Gasteiger partial charge in [-0.2, -0.15) is 0 Å². The van der Waals surface area contributed by atoms with Crippen molar-refractivity contribution in [2.45, 2.75) is 45.3 Å². The summed E-state index contributed by atoms with van der Waals surface area (Å²) in [6.45, 7) is 4.54. The molecular weight excluding hydrogens is 316 g/mol. The van der Waals surface area contributed by atoms with Crippen LogP contribution in [0, 0.1) is 0 Å². The van der Waals surface area contributed by atoms with Gasteiger partial charge in [-0.25, -0.2) is 9.48 Å². The highest BCUT2D eigenvalue weighted by atomic mass is 32.1. The molecule has 0 saturated carbocycles. The molecule has 0 aromatic carbocycles. The Hall–Kier alpha value is -2.29. The van der Waals surface area contributed by atoms with Crippen LogP contribution in [0.5, 0.6) is 0 Å².